The monoisotopic (exact) mass is 315 g/mol. The maximum absolute atomic E-state index is 12.6. The third kappa shape index (κ3) is 3.92. The number of hydrogen-bond donors (Lipinski definition) is 0. The molecule has 0 bridgehead atoms. The van der Waals surface area contributed by atoms with E-state index < -0.39 is 0 Å². The fraction of sp³-hybridized carbons (Fsp3) is 0.500. The normalized spacial score (nSPS) is 18.7. The summed E-state index contributed by atoms with van der Waals surface area (Å²) in [7, 11) is 1.86. The lowest BCUT2D eigenvalue weighted by Gasteiger charge is -2.22. The second-order valence-electron chi connectivity index (χ2n) is 5.97. The van der Waals surface area contributed by atoms with Crippen LogP contribution in [0.1, 0.15) is 21.9 Å². The predicted molar refractivity (Wildman–Crippen MR) is 83.9 cm³/mol. The van der Waals surface area contributed by atoms with Crippen molar-refractivity contribution in [2.75, 3.05) is 26.3 Å². The molecule has 1 atom stereocenters. The Kier molecular flexibility index (Phi) is 4.66. The summed E-state index contributed by atoms with van der Waals surface area (Å²) in [5.74, 6) is 0.180. The fourth-order valence-corrected chi connectivity index (χ4v) is 2.79. The zero-order chi connectivity index (χ0) is 16.2. The summed E-state index contributed by atoms with van der Waals surface area (Å²) in [5.41, 5.74) is 2.41. The van der Waals surface area contributed by atoms with E-state index >= 15 is 0 Å². The quantitative estimate of drug-likeness (QED) is 0.839. The van der Waals surface area contributed by atoms with Crippen molar-refractivity contribution in [3.8, 4) is 0 Å². The molecule has 0 unspecified atom stereocenters. The molecule has 0 aliphatic carbocycles. The van der Waals surface area contributed by atoms with Crippen LogP contribution >= 0.6 is 0 Å². The molecule has 1 aliphatic rings. The van der Waals surface area contributed by atoms with Crippen LogP contribution in [0, 0.1) is 12.8 Å². The maximum Gasteiger partial charge on any atom is 0.274 e. The second-order valence-corrected chi connectivity index (χ2v) is 5.97. The Morgan fingerprint density at radius 1 is 1.39 bits per heavy atom. The second kappa shape index (κ2) is 6.87. The molecule has 23 heavy (non-hydrogen) atoms. The number of carbonyl (C=O) groups is 1. The zero-order valence-electron chi connectivity index (χ0n) is 13.5. The van der Waals surface area contributed by atoms with Gasteiger partial charge in [0.15, 0.2) is 0 Å². The molecule has 1 aliphatic heterocycles. The molecular formula is C16H21N5O2. The smallest absolute Gasteiger partial charge is 0.274 e. The van der Waals surface area contributed by atoms with Crippen molar-refractivity contribution < 1.29 is 9.53 Å². The Hall–Kier alpha value is -2.28. The highest BCUT2D eigenvalue weighted by Crippen LogP contribution is 2.15. The van der Waals surface area contributed by atoms with Gasteiger partial charge in [-0.3, -0.25) is 4.79 Å². The number of ether oxygens (including phenoxy) is 1. The van der Waals surface area contributed by atoms with Crippen molar-refractivity contribution in [2.24, 2.45) is 13.0 Å². The van der Waals surface area contributed by atoms with Gasteiger partial charge in [0.1, 0.15) is 12.0 Å². The highest BCUT2D eigenvalue weighted by atomic mass is 16.5. The number of carbonyl (C=O) groups excluding carboxylic acids is 1. The van der Waals surface area contributed by atoms with Crippen LogP contribution in [0.2, 0.25) is 0 Å². The van der Waals surface area contributed by atoms with Gasteiger partial charge in [0.2, 0.25) is 0 Å². The van der Waals surface area contributed by atoms with E-state index in [9.17, 15) is 4.79 Å². The summed E-state index contributed by atoms with van der Waals surface area (Å²) >= 11 is 0. The van der Waals surface area contributed by atoms with Gasteiger partial charge in [-0.05, 0) is 19.4 Å². The molecule has 0 saturated carbocycles. The van der Waals surface area contributed by atoms with E-state index in [1.165, 1.54) is 0 Å². The molecule has 3 rings (SSSR count). The van der Waals surface area contributed by atoms with Gasteiger partial charge in [-0.15, -0.1) is 0 Å². The minimum absolute atomic E-state index is 0.0417. The number of aromatic nitrogens is 4. The third-order valence-electron chi connectivity index (χ3n) is 3.91. The van der Waals surface area contributed by atoms with Crippen LogP contribution in [0.15, 0.2) is 24.9 Å². The van der Waals surface area contributed by atoms with E-state index in [2.05, 4.69) is 15.0 Å². The molecular weight excluding hydrogens is 294 g/mol. The summed E-state index contributed by atoms with van der Waals surface area (Å²) in [6.45, 7) is 4.38. The third-order valence-corrected chi connectivity index (χ3v) is 3.91. The summed E-state index contributed by atoms with van der Waals surface area (Å²) in [4.78, 5) is 27.0. The number of aryl methyl sites for hydroxylation is 2. The van der Waals surface area contributed by atoms with Crippen LogP contribution in [0.25, 0.3) is 0 Å². The molecule has 2 aromatic heterocycles. The Labute approximate surface area is 135 Å². The van der Waals surface area contributed by atoms with Gasteiger partial charge in [-0.1, -0.05) is 0 Å². The fourth-order valence-electron chi connectivity index (χ4n) is 2.79. The highest BCUT2D eigenvalue weighted by molar-refractivity contribution is 5.92. The first-order chi connectivity index (χ1) is 11.1. The van der Waals surface area contributed by atoms with E-state index in [-0.39, 0.29) is 11.8 Å². The molecule has 7 nitrogen and oxygen atoms in total. The lowest BCUT2D eigenvalue weighted by Crippen LogP contribution is -2.36. The molecule has 0 N–H and O–H groups in total. The van der Waals surface area contributed by atoms with Crippen LogP contribution < -0.4 is 0 Å². The largest absolute Gasteiger partial charge is 0.379 e. The topological polar surface area (TPSA) is 73.1 Å². The van der Waals surface area contributed by atoms with E-state index in [1.807, 2.05) is 24.9 Å². The molecule has 0 radical (unpaired) electrons. The van der Waals surface area contributed by atoms with Crippen molar-refractivity contribution in [1.29, 1.82) is 0 Å². The average Bonchev–Trinajstić information content (AvgIpc) is 2.82. The van der Waals surface area contributed by atoms with Crippen LogP contribution in [-0.4, -0.2) is 56.6 Å². The van der Waals surface area contributed by atoms with E-state index in [4.69, 9.17) is 4.74 Å². The van der Waals surface area contributed by atoms with Crippen LogP contribution in [-0.2, 0) is 18.2 Å². The molecule has 0 spiro atoms. The van der Waals surface area contributed by atoms with Gasteiger partial charge in [0, 0.05) is 43.6 Å². The number of nitrogens with zero attached hydrogens (tertiary/aromatic N) is 5. The van der Waals surface area contributed by atoms with Crippen LogP contribution in [0.4, 0.5) is 0 Å². The van der Waals surface area contributed by atoms with Crippen molar-refractivity contribution in [3.63, 3.8) is 0 Å². The number of hydrogen-bond acceptors (Lipinski definition) is 5. The van der Waals surface area contributed by atoms with Gasteiger partial charge in [0.05, 0.1) is 19.5 Å². The molecule has 2 aromatic rings. The van der Waals surface area contributed by atoms with Gasteiger partial charge in [0.25, 0.3) is 5.91 Å². The van der Waals surface area contributed by atoms with Crippen molar-refractivity contribution in [3.05, 3.63) is 42.0 Å². The number of amides is 1. The van der Waals surface area contributed by atoms with Gasteiger partial charge < -0.3 is 14.2 Å². The number of imidazole rings is 1. The van der Waals surface area contributed by atoms with Gasteiger partial charge in [-0.25, -0.2) is 15.0 Å². The lowest BCUT2D eigenvalue weighted by atomic mass is 10.0. The van der Waals surface area contributed by atoms with Crippen molar-refractivity contribution in [1.82, 2.24) is 24.4 Å². The van der Waals surface area contributed by atoms with Gasteiger partial charge >= 0.3 is 0 Å². The minimum Gasteiger partial charge on any atom is -0.379 e. The Morgan fingerprint density at radius 2 is 2.26 bits per heavy atom. The van der Waals surface area contributed by atoms with E-state index in [1.54, 1.807) is 23.4 Å². The summed E-state index contributed by atoms with van der Waals surface area (Å²) < 4.78 is 7.45. The summed E-state index contributed by atoms with van der Waals surface area (Å²) in [5, 5.41) is 0. The molecule has 1 saturated heterocycles. The van der Waals surface area contributed by atoms with E-state index in [0.29, 0.717) is 32.0 Å². The molecule has 3 heterocycles. The zero-order valence-corrected chi connectivity index (χ0v) is 13.5. The minimum atomic E-state index is -0.0417. The average molecular weight is 315 g/mol. The van der Waals surface area contributed by atoms with Gasteiger partial charge in [-0.2, -0.15) is 0 Å². The number of rotatable bonds is 3. The molecule has 7 heteroatoms. The molecule has 1 fully saturated rings. The highest BCUT2D eigenvalue weighted by Gasteiger charge is 2.25. The summed E-state index contributed by atoms with van der Waals surface area (Å²) in [6, 6.07) is 1.98. The summed E-state index contributed by atoms with van der Waals surface area (Å²) in [6.07, 6.45) is 5.74. The predicted octanol–water partition coefficient (Wildman–Crippen LogP) is 0.850. The Morgan fingerprint density at radius 3 is 3.00 bits per heavy atom. The first-order valence-electron chi connectivity index (χ1n) is 7.74. The first-order valence-corrected chi connectivity index (χ1v) is 7.74. The lowest BCUT2D eigenvalue weighted by molar-refractivity contribution is 0.0732. The molecule has 122 valence electrons. The van der Waals surface area contributed by atoms with Crippen molar-refractivity contribution >= 4 is 5.91 Å². The Balaban J connectivity index is 1.69. The first kappa shape index (κ1) is 15.6. The maximum atomic E-state index is 12.6. The standard InChI is InChI=1S/C16H21N5O2/c1-12-5-14(18-10-17-12)6-13-7-21(3-4-23-9-13)16(22)15-8-20(2)11-19-15/h5,8,10-11,13H,3-4,6-7,9H2,1-2H3/t13-/m1/s1. The van der Waals surface area contributed by atoms with Crippen LogP contribution in [0.5, 0.6) is 0 Å². The van der Waals surface area contributed by atoms with Crippen molar-refractivity contribution in [2.45, 2.75) is 13.3 Å². The Bertz CT molecular complexity index is 685. The molecule has 1 amide bonds. The molecule has 0 aromatic carbocycles. The van der Waals surface area contributed by atoms with E-state index in [0.717, 1.165) is 17.8 Å². The van der Waals surface area contributed by atoms with Crippen LogP contribution in [0.3, 0.4) is 0 Å². The SMILES string of the molecule is Cc1cc(C[C@H]2COCCN(C(=O)c3cn(C)cn3)C2)ncn1.